The second-order valence-electron chi connectivity index (χ2n) is 9.55. The summed E-state index contributed by atoms with van der Waals surface area (Å²) in [5.41, 5.74) is 1.87. The van der Waals surface area contributed by atoms with E-state index in [4.69, 9.17) is 30.5 Å². The summed E-state index contributed by atoms with van der Waals surface area (Å²) in [5.74, 6) is 0.180. The summed E-state index contributed by atoms with van der Waals surface area (Å²) in [6.45, 7) is 5.63. The average Bonchev–Trinajstić information content (AvgIpc) is 3.30. The number of benzene rings is 2. The molecule has 220 valence electrons. The van der Waals surface area contributed by atoms with Crippen LogP contribution in [-0.2, 0) is 19.1 Å². The van der Waals surface area contributed by atoms with Gasteiger partial charge in [-0.2, -0.15) is 0 Å². The summed E-state index contributed by atoms with van der Waals surface area (Å²) >= 11 is 7.34. The van der Waals surface area contributed by atoms with Crippen LogP contribution >= 0.6 is 22.9 Å². The summed E-state index contributed by atoms with van der Waals surface area (Å²) in [4.78, 5) is 46.1. The number of hydrogen-bond acceptors (Lipinski definition) is 9. The van der Waals surface area contributed by atoms with Crippen LogP contribution in [0.25, 0.3) is 6.08 Å². The van der Waals surface area contributed by atoms with E-state index >= 15 is 0 Å². The Kier molecular flexibility index (Phi) is 9.10. The van der Waals surface area contributed by atoms with E-state index in [9.17, 15) is 14.4 Å². The molecule has 1 saturated heterocycles. The van der Waals surface area contributed by atoms with Gasteiger partial charge in [0.2, 0.25) is 0 Å². The van der Waals surface area contributed by atoms with Crippen molar-refractivity contribution in [1.29, 1.82) is 0 Å². The number of morpholine rings is 1. The molecular formula is C30H30ClN3O7S. The molecule has 1 atom stereocenters. The van der Waals surface area contributed by atoms with Gasteiger partial charge in [-0.25, -0.2) is 9.79 Å². The zero-order valence-corrected chi connectivity index (χ0v) is 25.0. The number of ether oxygens (including phenoxy) is 4. The van der Waals surface area contributed by atoms with E-state index < -0.39 is 12.0 Å². The van der Waals surface area contributed by atoms with Gasteiger partial charge in [0.05, 0.1) is 48.8 Å². The smallest absolute Gasteiger partial charge is 0.338 e. The zero-order valence-electron chi connectivity index (χ0n) is 23.4. The Labute approximate surface area is 251 Å². The van der Waals surface area contributed by atoms with Crippen molar-refractivity contribution in [1.82, 2.24) is 9.47 Å². The Morgan fingerprint density at radius 3 is 2.57 bits per heavy atom. The lowest BCUT2D eigenvalue weighted by Crippen LogP contribution is -2.43. The molecule has 0 radical (unpaired) electrons. The van der Waals surface area contributed by atoms with Gasteiger partial charge >= 0.3 is 5.97 Å². The molecule has 2 aromatic carbocycles. The Morgan fingerprint density at radius 1 is 1.14 bits per heavy atom. The fourth-order valence-electron chi connectivity index (χ4n) is 4.84. The van der Waals surface area contributed by atoms with Crippen molar-refractivity contribution >= 4 is 40.9 Å². The Hall–Kier alpha value is -3.93. The first-order chi connectivity index (χ1) is 20.3. The van der Waals surface area contributed by atoms with Crippen LogP contribution in [0.3, 0.4) is 0 Å². The number of thiazole rings is 1. The molecule has 0 N–H and O–H groups in total. The topological polar surface area (TPSA) is 109 Å². The van der Waals surface area contributed by atoms with Crippen molar-refractivity contribution in [3.05, 3.63) is 89.6 Å². The van der Waals surface area contributed by atoms with E-state index in [1.54, 1.807) is 67.3 Å². The Balaban J connectivity index is 1.49. The number of carbonyl (C=O) groups excluding carboxylic acids is 2. The molecular weight excluding hydrogens is 582 g/mol. The van der Waals surface area contributed by atoms with Gasteiger partial charge in [-0.05, 0) is 55.3 Å². The lowest BCUT2D eigenvalue weighted by atomic mass is 9.96. The number of amides is 1. The summed E-state index contributed by atoms with van der Waals surface area (Å²) in [5, 5.41) is 0.538. The molecule has 0 unspecified atom stereocenters. The number of hydrogen-bond donors (Lipinski definition) is 0. The van der Waals surface area contributed by atoms with Gasteiger partial charge < -0.3 is 23.8 Å². The van der Waals surface area contributed by atoms with Crippen molar-refractivity contribution < 1.29 is 28.5 Å². The Bertz CT molecular complexity index is 1710. The van der Waals surface area contributed by atoms with Gasteiger partial charge in [0.25, 0.3) is 11.5 Å². The van der Waals surface area contributed by atoms with Crippen molar-refractivity contribution in [3.8, 4) is 11.5 Å². The molecule has 5 rings (SSSR count). The van der Waals surface area contributed by atoms with Crippen molar-refractivity contribution in [2.45, 2.75) is 19.9 Å². The van der Waals surface area contributed by atoms with E-state index in [1.165, 1.54) is 23.0 Å². The third-order valence-electron chi connectivity index (χ3n) is 6.90. The molecule has 2 aliphatic heterocycles. The van der Waals surface area contributed by atoms with Crippen LogP contribution in [-0.4, -0.2) is 68.0 Å². The molecule has 42 heavy (non-hydrogen) atoms. The molecule has 10 nitrogen and oxygen atoms in total. The molecule has 1 fully saturated rings. The number of rotatable bonds is 8. The number of esters is 1. The summed E-state index contributed by atoms with van der Waals surface area (Å²) in [6, 6.07) is 11.5. The van der Waals surface area contributed by atoms with Crippen LogP contribution in [0.5, 0.6) is 11.5 Å². The minimum atomic E-state index is -0.728. The van der Waals surface area contributed by atoms with Crippen LogP contribution in [0.15, 0.2) is 63.5 Å². The number of nitrogens with zero attached hydrogens (tertiary/aromatic N) is 3. The van der Waals surface area contributed by atoms with Gasteiger partial charge in [-0.15, -0.1) is 0 Å². The van der Waals surface area contributed by atoms with Gasteiger partial charge in [0, 0.05) is 18.1 Å². The molecule has 12 heteroatoms. The van der Waals surface area contributed by atoms with E-state index in [0.29, 0.717) is 74.6 Å². The highest BCUT2D eigenvalue weighted by atomic mass is 35.5. The van der Waals surface area contributed by atoms with E-state index in [0.717, 1.165) is 0 Å². The number of fused-ring (bicyclic) bond motifs is 1. The average molecular weight is 612 g/mol. The predicted octanol–water partition coefficient (Wildman–Crippen LogP) is 2.70. The van der Waals surface area contributed by atoms with Gasteiger partial charge in [-0.3, -0.25) is 14.2 Å². The summed E-state index contributed by atoms with van der Waals surface area (Å²) in [7, 11) is 1.51. The highest BCUT2D eigenvalue weighted by Gasteiger charge is 2.33. The third kappa shape index (κ3) is 6.13. The van der Waals surface area contributed by atoms with Crippen molar-refractivity contribution in [2.75, 3.05) is 46.6 Å². The molecule has 0 bridgehead atoms. The molecule has 0 spiro atoms. The van der Waals surface area contributed by atoms with Crippen LogP contribution in [0, 0.1) is 0 Å². The van der Waals surface area contributed by atoms with Crippen LogP contribution < -0.4 is 24.4 Å². The van der Waals surface area contributed by atoms with Gasteiger partial charge in [0.15, 0.2) is 22.9 Å². The SMILES string of the molecule is CCOC(=O)C1=C(C)N=c2s/c(=C/c3ccc(OCC(=O)N4CCOCC4)c(OC)c3)c(=O)n2[C@H]1c1ccc(Cl)cc1. The second-order valence-corrected chi connectivity index (χ2v) is 11.0. The first kappa shape index (κ1) is 29.6. The molecule has 1 amide bonds. The summed E-state index contributed by atoms with van der Waals surface area (Å²) in [6.07, 6.45) is 1.73. The highest BCUT2D eigenvalue weighted by molar-refractivity contribution is 7.07. The van der Waals surface area contributed by atoms with Crippen LogP contribution in [0.1, 0.15) is 31.0 Å². The lowest BCUT2D eigenvalue weighted by molar-refractivity contribution is -0.139. The van der Waals surface area contributed by atoms with Crippen LogP contribution in [0.4, 0.5) is 0 Å². The summed E-state index contributed by atoms with van der Waals surface area (Å²) < 4.78 is 23.9. The fourth-order valence-corrected chi connectivity index (χ4v) is 6.01. The first-order valence-electron chi connectivity index (χ1n) is 13.4. The third-order valence-corrected chi connectivity index (χ3v) is 8.14. The quantitative estimate of drug-likeness (QED) is 0.360. The number of halogens is 1. The molecule has 1 aromatic heterocycles. The standard InChI is InChI=1S/C30H30ClN3O7S/c1-4-40-29(37)26-18(2)32-30-34(27(26)20-6-8-21(31)9-7-20)28(36)24(42-30)16-19-5-10-22(23(15-19)38-3)41-17-25(35)33-11-13-39-14-12-33/h5-10,15-16,27H,4,11-14,17H2,1-3H3/b24-16+/t27-/m0/s1. The highest BCUT2D eigenvalue weighted by Crippen LogP contribution is 2.32. The minimum Gasteiger partial charge on any atom is -0.493 e. The number of allylic oxidation sites excluding steroid dienone is 1. The Morgan fingerprint density at radius 2 is 1.88 bits per heavy atom. The maximum absolute atomic E-state index is 13.8. The van der Waals surface area contributed by atoms with E-state index in [-0.39, 0.29) is 24.7 Å². The number of carbonyl (C=O) groups is 2. The number of methoxy groups -OCH3 is 1. The minimum absolute atomic E-state index is 0.124. The normalized spacial score (nSPS) is 17.0. The number of aromatic nitrogens is 1. The van der Waals surface area contributed by atoms with Gasteiger partial charge in [-0.1, -0.05) is 41.1 Å². The van der Waals surface area contributed by atoms with E-state index in [2.05, 4.69) is 4.99 Å². The maximum Gasteiger partial charge on any atom is 0.338 e. The monoisotopic (exact) mass is 611 g/mol. The first-order valence-corrected chi connectivity index (χ1v) is 14.6. The molecule has 0 aliphatic carbocycles. The molecule has 2 aliphatic rings. The largest absolute Gasteiger partial charge is 0.493 e. The van der Waals surface area contributed by atoms with E-state index in [1.807, 2.05) is 0 Å². The maximum atomic E-state index is 13.8. The molecule has 0 saturated carbocycles. The second kappa shape index (κ2) is 12.9. The van der Waals surface area contributed by atoms with Crippen molar-refractivity contribution in [2.24, 2.45) is 4.99 Å². The molecule has 3 heterocycles. The fraction of sp³-hybridized carbons (Fsp3) is 0.333. The molecule has 3 aromatic rings. The van der Waals surface area contributed by atoms with Gasteiger partial charge in [0.1, 0.15) is 0 Å². The zero-order chi connectivity index (χ0) is 29.8. The van der Waals surface area contributed by atoms with Crippen molar-refractivity contribution in [3.63, 3.8) is 0 Å². The van der Waals surface area contributed by atoms with Crippen LogP contribution in [0.2, 0.25) is 5.02 Å². The lowest BCUT2D eigenvalue weighted by Gasteiger charge is -2.26. The predicted molar refractivity (Wildman–Crippen MR) is 158 cm³/mol.